The van der Waals surface area contributed by atoms with Crippen LogP contribution in [0.15, 0.2) is 102 Å². The van der Waals surface area contributed by atoms with Gasteiger partial charge in [0.25, 0.3) is 0 Å². The summed E-state index contributed by atoms with van der Waals surface area (Å²) in [6, 6.07) is 27.0. The van der Waals surface area contributed by atoms with Crippen LogP contribution >= 0.6 is 11.3 Å². The predicted octanol–water partition coefficient (Wildman–Crippen LogP) is 6.51. The van der Waals surface area contributed by atoms with Crippen molar-refractivity contribution in [3.63, 3.8) is 0 Å². The third-order valence-corrected chi connectivity index (χ3v) is 8.27. The van der Waals surface area contributed by atoms with Crippen LogP contribution in [0.4, 0.5) is 5.69 Å². The average molecular weight is 609 g/mol. The number of hydrogen-bond donors (Lipinski definition) is 1. The molecule has 0 saturated heterocycles. The van der Waals surface area contributed by atoms with Crippen molar-refractivity contribution in [3.8, 4) is 5.75 Å². The van der Waals surface area contributed by atoms with Gasteiger partial charge < -0.3 is 19.7 Å². The second-order valence-corrected chi connectivity index (χ2v) is 11.7. The number of rotatable bonds is 15. The van der Waals surface area contributed by atoms with Gasteiger partial charge in [-0.15, -0.1) is 11.3 Å². The second-order valence-electron chi connectivity index (χ2n) is 10.7. The molecular weight excluding hydrogens is 572 g/mol. The number of methoxy groups -OCH3 is 1. The number of nitrogens with one attached hydrogen (secondary N) is 1. The Labute approximate surface area is 262 Å². The van der Waals surface area contributed by atoms with Crippen molar-refractivity contribution in [1.82, 2.24) is 4.90 Å². The molecule has 5 rings (SSSR count). The fraction of sp³-hybridized carbons (Fsp3) is 0.250. The number of carbonyl (C=O) groups is 3. The van der Waals surface area contributed by atoms with Gasteiger partial charge in [0.1, 0.15) is 18.4 Å². The number of para-hydroxylation sites is 1. The van der Waals surface area contributed by atoms with Crippen molar-refractivity contribution in [2.24, 2.45) is 5.92 Å². The highest BCUT2D eigenvalue weighted by Gasteiger charge is 2.26. The first-order valence-electron chi connectivity index (χ1n) is 14.8. The van der Waals surface area contributed by atoms with E-state index in [9.17, 15) is 14.4 Å². The van der Waals surface area contributed by atoms with Crippen LogP contribution in [0.5, 0.6) is 5.75 Å². The summed E-state index contributed by atoms with van der Waals surface area (Å²) >= 11 is 1.60. The standard InChI is InChI=1S/C36H36N2O5S/c1-42-36(41)33(37-32-12-6-5-11-31(32)35(40)28-8-3-2-4-9-28)24-26-15-17-29(18-16-26)43-22-21-38(25-27-13-14-27)34(39)20-19-30-10-7-23-44-30/h2-12,15-20,23,27,33,37H,13-14,21-22,24-25H2,1H3/t33-/m0/s1. The molecule has 0 radical (unpaired) electrons. The fourth-order valence-electron chi connectivity index (χ4n) is 4.85. The maximum atomic E-state index is 13.2. The van der Waals surface area contributed by atoms with Crippen LogP contribution in [0.2, 0.25) is 0 Å². The normalized spacial score (nSPS) is 13.3. The zero-order valence-electron chi connectivity index (χ0n) is 24.7. The molecule has 1 aliphatic carbocycles. The molecule has 3 aromatic carbocycles. The summed E-state index contributed by atoms with van der Waals surface area (Å²) in [6.45, 7) is 1.63. The van der Waals surface area contributed by atoms with Gasteiger partial charge in [0.15, 0.2) is 5.78 Å². The summed E-state index contributed by atoms with van der Waals surface area (Å²) in [5.74, 6) is 0.699. The first-order valence-corrected chi connectivity index (χ1v) is 15.6. The third kappa shape index (κ3) is 8.67. The lowest BCUT2D eigenvalue weighted by Gasteiger charge is -2.21. The number of anilines is 1. The highest BCUT2D eigenvalue weighted by atomic mass is 32.1. The number of amides is 1. The Morgan fingerprint density at radius 3 is 2.41 bits per heavy atom. The Balaban J connectivity index is 1.18. The number of thiophene rings is 1. The van der Waals surface area contributed by atoms with Crippen LogP contribution in [0, 0.1) is 5.92 Å². The van der Waals surface area contributed by atoms with Crippen LogP contribution < -0.4 is 10.1 Å². The zero-order valence-corrected chi connectivity index (χ0v) is 25.5. The van der Waals surface area contributed by atoms with Crippen molar-refractivity contribution in [2.75, 3.05) is 32.1 Å². The number of benzene rings is 3. The minimum absolute atomic E-state index is 0.00218. The Kier molecular flexibility index (Phi) is 10.6. The summed E-state index contributed by atoms with van der Waals surface area (Å²) in [4.78, 5) is 41.7. The van der Waals surface area contributed by atoms with Crippen LogP contribution in [-0.4, -0.2) is 55.4 Å². The Morgan fingerprint density at radius 2 is 1.70 bits per heavy atom. The van der Waals surface area contributed by atoms with E-state index in [1.54, 1.807) is 47.7 Å². The molecule has 1 atom stereocenters. The largest absolute Gasteiger partial charge is 0.492 e. The summed E-state index contributed by atoms with van der Waals surface area (Å²) in [7, 11) is 1.35. The van der Waals surface area contributed by atoms with E-state index in [1.807, 2.05) is 77.0 Å². The van der Waals surface area contributed by atoms with Crippen molar-refractivity contribution >= 4 is 40.8 Å². The van der Waals surface area contributed by atoms with Crippen LogP contribution in [0.3, 0.4) is 0 Å². The molecule has 1 saturated carbocycles. The van der Waals surface area contributed by atoms with Gasteiger partial charge in [0.2, 0.25) is 5.91 Å². The molecule has 0 bridgehead atoms. The van der Waals surface area contributed by atoms with Gasteiger partial charge in [-0.25, -0.2) is 4.79 Å². The first-order chi connectivity index (χ1) is 21.5. The van der Waals surface area contributed by atoms with Crippen molar-refractivity contribution < 1.29 is 23.9 Å². The summed E-state index contributed by atoms with van der Waals surface area (Å²) < 4.78 is 11.1. The predicted molar refractivity (Wildman–Crippen MR) is 174 cm³/mol. The van der Waals surface area contributed by atoms with Crippen LogP contribution in [0.25, 0.3) is 6.08 Å². The molecule has 0 aliphatic heterocycles. The maximum absolute atomic E-state index is 13.2. The number of ketones is 1. The zero-order chi connectivity index (χ0) is 30.7. The molecule has 7 nitrogen and oxygen atoms in total. The smallest absolute Gasteiger partial charge is 0.328 e. The highest BCUT2D eigenvalue weighted by Crippen LogP contribution is 2.30. The molecule has 226 valence electrons. The number of hydrogen-bond acceptors (Lipinski definition) is 7. The Morgan fingerprint density at radius 1 is 0.955 bits per heavy atom. The summed E-state index contributed by atoms with van der Waals surface area (Å²) in [5.41, 5.74) is 2.51. The fourth-order valence-corrected chi connectivity index (χ4v) is 5.47. The molecule has 1 fully saturated rings. The van der Waals surface area contributed by atoms with Crippen LogP contribution in [0.1, 0.15) is 39.2 Å². The maximum Gasteiger partial charge on any atom is 0.328 e. The third-order valence-electron chi connectivity index (χ3n) is 7.44. The topological polar surface area (TPSA) is 84.9 Å². The van der Waals surface area contributed by atoms with E-state index in [1.165, 1.54) is 7.11 Å². The van der Waals surface area contributed by atoms with E-state index in [4.69, 9.17) is 9.47 Å². The molecular formula is C36H36N2O5S. The minimum atomic E-state index is -0.708. The molecule has 1 aliphatic rings. The number of ether oxygens (including phenoxy) is 2. The molecule has 4 aromatic rings. The minimum Gasteiger partial charge on any atom is -0.492 e. The van der Waals surface area contributed by atoms with Gasteiger partial charge in [-0.05, 0) is 66.1 Å². The lowest BCUT2D eigenvalue weighted by molar-refractivity contribution is -0.141. The van der Waals surface area contributed by atoms with Gasteiger partial charge in [-0.2, -0.15) is 0 Å². The van der Waals surface area contributed by atoms with E-state index in [0.717, 1.165) is 29.8 Å². The summed E-state index contributed by atoms with van der Waals surface area (Å²) in [6.07, 6.45) is 6.18. The number of nitrogens with zero attached hydrogens (tertiary/aromatic N) is 1. The molecule has 1 N–H and O–H groups in total. The molecule has 1 heterocycles. The van der Waals surface area contributed by atoms with Gasteiger partial charge in [0, 0.05) is 40.7 Å². The first kappa shape index (κ1) is 30.8. The quantitative estimate of drug-likeness (QED) is 0.0942. The van der Waals surface area contributed by atoms with E-state index in [0.29, 0.717) is 48.1 Å². The van der Waals surface area contributed by atoms with Crippen LogP contribution in [-0.2, 0) is 20.7 Å². The van der Waals surface area contributed by atoms with Crippen molar-refractivity contribution in [1.29, 1.82) is 0 Å². The lowest BCUT2D eigenvalue weighted by Crippen LogP contribution is -2.35. The summed E-state index contributed by atoms with van der Waals surface area (Å²) in [5, 5.41) is 5.23. The number of carbonyl (C=O) groups excluding carboxylic acids is 3. The van der Waals surface area contributed by atoms with Gasteiger partial charge in [-0.3, -0.25) is 9.59 Å². The second kappa shape index (κ2) is 15.2. The van der Waals surface area contributed by atoms with Gasteiger partial charge in [0.05, 0.1) is 13.7 Å². The van der Waals surface area contributed by atoms with E-state index in [2.05, 4.69) is 5.32 Å². The molecule has 1 aromatic heterocycles. The SMILES string of the molecule is COC(=O)[C@H](Cc1ccc(OCCN(CC2CC2)C(=O)C=Cc2cccs2)cc1)Nc1ccccc1C(=O)c1ccccc1. The molecule has 44 heavy (non-hydrogen) atoms. The Hall–Kier alpha value is -4.69. The Bertz CT molecular complexity index is 1560. The molecule has 0 spiro atoms. The number of esters is 1. The van der Waals surface area contributed by atoms with Gasteiger partial charge in [-0.1, -0.05) is 60.7 Å². The molecule has 1 amide bonds. The van der Waals surface area contributed by atoms with E-state index >= 15 is 0 Å². The lowest BCUT2D eigenvalue weighted by atomic mass is 10.00. The van der Waals surface area contributed by atoms with E-state index in [-0.39, 0.29) is 11.7 Å². The highest BCUT2D eigenvalue weighted by molar-refractivity contribution is 7.10. The van der Waals surface area contributed by atoms with Crippen molar-refractivity contribution in [2.45, 2.75) is 25.3 Å². The average Bonchev–Trinajstić information content (AvgIpc) is 3.73. The molecule has 0 unspecified atom stereocenters. The monoisotopic (exact) mass is 608 g/mol. The van der Waals surface area contributed by atoms with Gasteiger partial charge >= 0.3 is 5.97 Å². The van der Waals surface area contributed by atoms with Crippen molar-refractivity contribution in [3.05, 3.63) is 124 Å². The van der Waals surface area contributed by atoms with E-state index < -0.39 is 12.0 Å². The molecule has 8 heteroatoms.